The second kappa shape index (κ2) is 13.6. The van der Waals surface area contributed by atoms with Crippen LogP contribution in [0.1, 0.15) is 31.7 Å². The highest BCUT2D eigenvalue weighted by Crippen LogP contribution is 2.38. The Hall–Kier alpha value is -1.56. The van der Waals surface area contributed by atoms with Crippen molar-refractivity contribution in [2.24, 2.45) is 4.99 Å². The minimum absolute atomic E-state index is 0. The zero-order valence-corrected chi connectivity index (χ0v) is 18.5. The average Bonchev–Trinajstić information content (AvgIpc) is 3.10. The van der Waals surface area contributed by atoms with Crippen molar-refractivity contribution in [2.45, 2.75) is 39.3 Å². The zero-order valence-electron chi connectivity index (χ0n) is 16.1. The van der Waals surface area contributed by atoms with E-state index in [1.807, 2.05) is 0 Å². The molecule has 28 heavy (non-hydrogen) atoms. The van der Waals surface area contributed by atoms with E-state index >= 15 is 0 Å². The van der Waals surface area contributed by atoms with Gasteiger partial charge in [-0.15, -0.1) is 24.0 Å². The fourth-order valence-corrected chi connectivity index (χ4v) is 2.44. The van der Waals surface area contributed by atoms with Crippen molar-refractivity contribution in [3.8, 4) is 17.2 Å². The van der Waals surface area contributed by atoms with Crippen molar-refractivity contribution in [3.05, 3.63) is 17.7 Å². The lowest BCUT2D eigenvalue weighted by atomic mass is 10.1. The Morgan fingerprint density at radius 1 is 1.18 bits per heavy atom. The molecule has 0 aliphatic carbocycles. The molecule has 0 atom stereocenters. The Kier molecular flexibility index (Phi) is 11.9. The van der Waals surface area contributed by atoms with Gasteiger partial charge in [0.1, 0.15) is 5.75 Å². The fourth-order valence-electron chi connectivity index (χ4n) is 2.44. The molecule has 2 N–H and O–H groups in total. The van der Waals surface area contributed by atoms with Gasteiger partial charge in [-0.05, 0) is 18.9 Å². The molecule has 0 saturated heterocycles. The number of hydrogen-bond donors (Lipinski definition) is 2. The molecule has 1 aliphatic rings. The van der Waals surface area contributed by atoms with Crippen LogP contribution in [0.25, 0.3) is 0 Å². The predicted octanol–water partition coefficient (Wildman–Crippen LogP) is 3.51. The van der Waals surface area contributed by atoms with Crippen LogP contribution in [0.3, 0.4) is 0 Å². The molecular weight excluding hydrogens is 487 g/mol. The molecule has 2 rings (SSSR count). The summed E-state index contributed by atoms with van der Waals surface area (Å²) in [6, 6.07) is 3.04. The van der Waals surface area contributed by atoms with E-state index in [2.05, 4.69) is 27.3 Å². The van der Waals surface area contributed by atoms with Crippen LogP contribution in [0.4, 0.5) is 8.78 Å². The van der Waals surface area contributed by atoms with Crippen molar-refractivity contribution in [2.75, 3.05) is 33.6 Å². The maximum Gasteiger partial charge on any atom is 0.387 e. The van der Waals surface area contributed by atoms with Crippen molar-refractivity contribution >= 4 is 29.9 Å². The largest absolute Gasteiger partial charge is 0.454 e. The normalized spacial score (nSPS) is 12.7. The van der Waals surface area contributed by atoms with E-state index in [-0.39, 0.29) is 43.1 Å². The minimum Gasteiger partial charge on any atom is -0.454 e. The lowest BCUT2D eigenvalue weighted by Gasteiger charge is -2.15. The molecule has 7 nitrogen and oxygen atoms in total. The first-order valence-corrected chi connectivity index (χ1v) is 9.03. The molecule has 160 valence electrons. The maximum absolute atomic E-state index is 12.7. The fraction of sp³-hybridized carbons (Fsp3) is 0.611. The van der Waals surface area contributed by atoms with Crippen molar-refractivity contribution in [1.82, 2.24) is 10.6 Å². The van der Waals surface area contributed by atoms with E-state index < -0.39 is 6.61 Å². The number of hydrogen-bond acceptors (Lipinski definition) is 5. The van der Waals surface area contributed by atoms with Gasteiger partial charge in [0.25, 0.3) is 0 Å². The highest BCUT2D eigenvalue weighted by atomic mass is 127. The van der Waals surface area contributed by atoms with Crippen LogP contribution in [0.5, 0.6) is 17.2 Å². The first-order chi connectivity index (χ1) is 13.1. The molecule has 0 bridgehead atoms. The lowest BCUT2D eigenvalue weighted by molar-refractivity contribution is -0.0505. The first-order valence-electron chi connectivity index (χ1n) is 9.03. The maximum atomic E-state index is 12.7. The number of guanidine groups is 1. The van der Waals surface area contributed by atoms with Gasteiger partial charge in [0.05, 0.1) is 0 Å². The average molecular weight is 515 g/mol. The van der Waals surface area contributed by atoms with Gasteiger partial charge in [0.15, 0.2) is 17.5 Å². The summed E-state index contributed by atoms with van der Waals surface area (Å²) < 4.78 is 45.9. The van der Waals surface area contributed by atoms with Gasteiger partial charge in [-0.1, -0.05) is 13.3 Å². The lowest BCUT2D eigenvalue weighted by Crippen LogP contribution is -2.37. The molecule has 0 unspecified atom stereocenters. The molecule has 0 spiro atoms. The number of alkyl halides is 2. The number of benzene rings is 1. The molecule has 10 heteroatoms. The number of halogens is 3. The van der Waals surface area contributed by atoms with E-state index in [4.69, 9.17) is 14.2 Å². The molecule has 0 aromatic heterocycles. The van der Waals surface area contributed by atoms with Crippen LogP contribution in [0.2, 0.25) is 0 Å². The monoisotopic (exact) mass is 515 g/mol. The second-order valence-corrected chi connectivity index (χ2v) is 5.86. The third-order valence-electron chi connectivity index (χ3n) is 3.84. The molecule has 1 aromatic rings. The second-order valence-electron chi connectivity index (χ2n) is 5.86. The summed E-state index contributed by atoms with van der Waals surface area (Å²) in [6.07, 6.45) is 3.02. The topological polar surface area (TPSA) is 73.3 Å². The first kappa shape index (κ1) is 24.5. The Morgan fingerprint density at radius 2 is 1.89 bits per heavy atom. The van der Waals surface area contributed by atoms with Crippen LogP contribution in [-0.2, 0) is 11.3 Å². The summed E-state index contributed by atoms with van der Waals surface area (Å²) in [5.74, 6) is 1.49. The van der Waals surface area contributed by atoms with E-state index in [0.717, 1.165) is 25.9 Å². The highest BCUT2D eigenvalue weighted by Gasteiger charge is 2.20. The number of rotatable bonds is 11. The summed E-state index contributed by atoms with van der Waals surface area (Å²) >= 11 is 0. The molecule has 0 amide bonds. The number of nitrogens with zero attached hydrogens (tertiary/aromatic N) is 1. The molecule has 1 aliphatic heterocycles. The Bertz CT molecular complexity index is 621. The van der Waals surface area contributed by atoms with E-state index in [9.17, 15) is 8.78 Å². The van der Waals surface area contributed by atoms with Gasteiger partial charge in [0.2, 0.25) is 6.79 Å². The summed E-state index contributed by atoms with van der Waals surface area (Å²) in [5.41, 5.74) is 0.519. The Balaban J connectivity index is 0.00000392. The van der Waals surface area contributed by atoms with Crippen molar-refractivity contribution < 1.29 is 27.7 Å². The Labute approximate surface area is 181 Å². The van der Waals surface area contributed by atoms with Crippen LogP contribution in [0.15, 0.2) is 17.1 Å². The predicted molar refractivity (Wildman–Crippen MR) is 113 cm³/mol. The van der Waals surface area contributed by atoms with Crippen LogP contribution < -0.4 is 24.8 Å². The summed E-state index contributed by atoms with van der Waals surface area (Å²) in [6.45, 7) is 1.65. The molecule has 0 fully saturated rings. The van der Waals surface area contributed by atoms with Gasteiger partial charge >= 0.3 is 6.61 Å². The molecular formula is C18H28F2IN3O4. The molecule has 1 heterocycles. The summed E-state index contributed by atoms with van der Waals surface area (Å²) in [7, 11) is 1.64. The van der Waals surface area contributed by atoms with Gasteiger partial charge in [-0.3, -0.25) is 4.99 Å². The standard InChI is InChI=1S/C18H27F2N3O4.HI/c1-3-4-7-24-8-5-6-22-18(21-2)23-11-13-9-15-16(26-12-25-15)10-14(13)27-17(19)20;/h9-10,17H,3-8,11-12H2,1-2H3,(H2,21,22,23);1H. The number of fused-ring (bicyclic) bond motifs is 1. The van der Waals surface area contributed by atoms with Gasteiger partial charge in [0, 0.05) is 45.0 Å². The van der Waals surface area contributed by atoms with E-state index in [1.165, 1.54) is 6.07 Å². The number of aliphatic imine (C=N–C) groups is 1. The smallest absolute Gasteiger partial charge is 0.387 e. The summed E-state index contributed by atoms with van der Waals surface area (Å²) in [4.78, 5) is 4.12. The third kappa shape index (κ3) is 8.21. The van der Waals surface area contributed by atoms with Crippen molar-refractivity contribution in [1.29, 1.82) is 0 Å². The van der Waals surface area contributed by atoms with Gasteiger partial charge in [-0.25, -0.2) is 0 Å². The van der Waals surface area contributed by atoms with E-state index in [1.54, 1.807) is 13.1 Å². The number of nitrogens with one attached hydrogen (secondary N) is 2. The number of unbranched alkanes of at least 4 members (excludes halogenated alkanes) is 1. The third-order valence-corrected chi connectivity index (χ3v) is 3.84. The van der Waals surface area contributed by atoms with Gasteiger partial charge < -0.3 is 29.6 Å². The zero-order chi connectivity index (χ0) is 19.5. The van der Waals surface area contributed by atoms with Crippen LogP contribution in [-0.4, -0.2) is 46.2 Å². The van der Waals surface area contributed by atoms with E-state index in [0.29, 0.717) is 36.2 Å². The number of ether oxygens (including phenoxy) is 4. The Morgan fingerprint density at radius 3 is 2.57 bits per heavy atom. The van der Waals surface area contributed by atoms with Crippen LogP contribution >= 0.6 is 24.0 Å². The van der Waals surface area contributed by atoms with Crippen molar-refractivity contribution in [3.63, 3.8) is 0 Å². The molecule has 1 aromatic carbocycles. The molecule has 0 radical (unpaired) electrons. The summed E-state index contributed by atoms with van der Waals surface area (Å²) in [5, 5.41) is 6.24. The van der Waals surface area contributed by atoms with Gasteiger partial charge in [-0.2, -0.15) is 8.78 Å². The van der Waals surface area contributed by atoms with Crippen LogP contribution in [0, 0.1) is 0 Å². The quantitative estimate of drug-likeness (QED) is 0.204. The SMILES string of the molecule is CCCCOCCCNC(=NC)NCc1cc2c(cc1OC(F)F)OCO2.I. The minimum atomic E-state index is -2.92. The highest BCUT2D eigenvalue weighted by molar-refractivity contribution is 14.0. The molecule has 0 saturated carbocycles.